The van der Waals surface area contributed by atoms with Crippen LogP contribution in [0.3, 0.4) is 0 Å². The predicted molar refractivity (Wildman–Crippen MR) is 131 cm³/mol. The second kappa shape index (κ2) is 13.7. The van der Waals surface area contributed by atoms with Crippen LogP contribution in [0.25, 0.3) is 0 Å². The third kappa shape index (κ3) is 8.57. The molecular formula is C27H30N2O7. The van der Waals surface area contributed by atoms with E-state index >= 15 is 0 Å². The Hall–Kier alpha value is -4.14. The largest absolute Gasteiger partial charge is 0.466 e. The van der Waals surface area contributed by atoms with Crippen molar-refractivity contribution >= 4 is 23.9 Å². The lowest BCUT2D eigenvalue weighted by molar-refractivity contribution is -0.134. The summed E-state index contributed by atoms with van der Waals surface area (Å²) in [5.74, 6) is -0.295. The van der Waals surface area contributed by atoms with Crippen molar-refractivity contribution in [2.45, 2.75) is 26.1 Å². The lowest BCUT2D eigenvalue weighted by atomic mass is 10.2. The van der Waals surface area contributed by atoms with Crippen molar-refractivity contribution in [1.29, 1.82) is 0 Å². The molecule has 2 aliphatic heterocycles. The number of benzene rings is 2. The van der Waals surface area contributed by atoms with Crippen LogP contribution in [-0.2, 0) is 37.0 Å². The lowest BCUT2D eigenvalue weighted by Crippen LogP contribution is -2.29. The fourth-order valence-electron chi connectivity index (χ4n) is 3.59. The number of rotatable bonds is 5. The number of Topliss-reactive ketones (excluding diaryl/α,β-unsaturated/α-hetero) is 1. The Balaban J connectivity index is 0.000000205. The zero-order valence-electron chi connectivity index (χ0n) is 20.3. The van der Waals surface area contributed by atoms with E-state index in [1.165, 1.54) is 18.1 Å². The Kier molecular flexibility index (Phi) is 10.1. The summed E-state index contributed by atoms with van der Waals surface area (Å²) in [6.45, 7) is 2.16. The van der Waals surface area contributed by atoms with Gasteiger partial charge in [-0.15, -0.1) is 0 Å². The van der Waals surface area contributed by atoms with Gasteiger partial charge in [-0.25, -0.2) is 14.4 Å². The molecule has 2 fully saturated rings. The first-order valence-electron chi connectivity index (χ1n) is 11.6. The monoisotopic (exact) mass is 494 g/mol. The highest BCUT2D eigenvalue weighted by Crippen LogP contribution is 2.16. The van der Waals surface area contributed by atoms with E-state index in [1.807, 2.05) is 60.7 Å². The molecule has 0 N–H and O–H groups in total. The fourth-order valence-corrected chi connectivity index (χ4v) is 3.59. The average Bonchev–Trinajstić information content (AvgIpc) is 3.56. The van der Waals surface area contributed by atoms with Crippen LogP contribution in [0.1, 0.15) is 24.0 Å². The van der Waals surface area contributed by atoms with Gasteiger partial charge in [0.25, 0.3) is 0 Å². The summed E-state index contributed by atoms with van der Waals surface area (Å²) < 4.78 is 14.9. The van der Waals surface area contributed by atoms with Crippen LogP contribution in [0.2, 0.25) is 0 Å². The van der Waals surface area contributed by atoms with Gasteiger partial charge in [-0.2, -0.15) is 0 Å². The molecule has 9 nitrogen and oxygen atoms in total. The Labute approximate surface area is 210 Å². The number of carbonyl (C=O) groups is 4. The number of nitrogens with zero attached hydrogens (tertiary/aromatic N) is 2. The molecule has 2 aromatic rings. The lowest BCUT2D eigenvalue weighted by Gasteiger charge is -2.14. The molecule has 0 aromatic heterocycles. The quantitative estimate of drug-likeness (QED) is 0.355. The number of hydrogen-bond acceptors (Lipinski definition) is 7. The van der Waals surface area contributed by atoms with Crippen LogP contribution in [0.15, 0.2) is 72.3 Å². The van der Waals surface area contributed by atoms with Crippen molar-refractivity contribution in [3.05, 3.63) is 83.4 Å². The SMILES string of the molecule is COC(=O)/C=C1/CCN(C(=O)OCc2ccccc2)C1.O=C1CCN(C(=O)OCc2ccccc2)C1. The standard InChI is InChI=1S/C15H17NO4.C12H13NO3/c1-19-14(17)9-13-7-8-16(10-13)15(18)20-11-12-5-3-2-4-6-12;14-11-6-7-13(8-11)12(15)16-9-10-4-2-1-3-5-10/h2-6,9H,7-8,10-11H2,1H3;1-5H,6-9H2/b13-9-;. The summed E-state index contributed by atoms with van der Waals surface area (Å²) in [4.78, 5) is 48.5. The Morgan fingerprint density at radius 2 is 1.28 bits per heavy atom. The second-order valence-electron chi connectivity index (χ2n) is 8.29. The minimum atomic E-state index is -0.408. The molecule has 190 valence electrons. The average molecular weight is 495 g/mol. The molecule has 9 heteroatoms. The van der Waals surface area contributed by atoms with Crippen molar-refractivity contribution in [2.75, 3.05) is 33.3 Å². The summed E-state index contributed by atoms with van der Waals surface area (Å²) in [5.41, 5.74) is 2.78. The first kappa shape index (κ1) is 26.5. The first-order valence-corrected chi connectivity index (χ1v) is 11.6. The highest BCUT2D eigenvalue weighted by atomic mass is 16.6. The van der Waals surface area contributed by atoms with Gasteiger partial charge in [0.2, 0.25) is 0 Å². The van der Waals surface area contributed by atoms with Crippen molar-refractivity contribution in [3.8, 4) is 0 Å². The number of esters is 1. The maximum absolute atomic E-state index is 11.9. The van der Waals surface area contributed by atoms with Crippen LogP contribution in [0.5, 0.6) is 0 Å². The Morgan fingerprint density at radius 1 is 0.778 bits per heavy atom. The van der Waals surface area contributed by atoms with Gasteiger partial charge in [-0.3, -0.25) is 4.79 Å². The summed E-state index contributed by atoms with van der Waals surface area (Å²) in [7, 11) is 1.33. The molecule has 0 bridgehead atoms. The van der Waals surface area contributed by atoms with Crippen LogP contribution in [-0.4, -0.2) is 67.0 Å². The van der Waals surface area contributed by atoms with Crippen molar-refractivity contribution in [3.63, 3.8) is 0 Å². The number of methoxy groups -OCH3 is 1. The number of ketones is 1. The third-order valence-electron chi connectivity index (χ3n) is 5.57. The summed E-state index contributed by atoms with van der Waals surface area (Å²) >= 11 is 0. The molecular weight excluding hydrogens is 464 g/mol. The van der Waals surface area contributed by atoms with E-state index in [1.54, 1.807) is 4.90 Å². The maximum atomic E-state index is 11.9. The number of likely N-dealkylation sites (tertiary alicyclic amines) is 2. The molecule has 2 heterocycles. The van der Waals surface area contributed by atoms with E-state index in [9.17, 15) is 19.2 Å². The van der Waals surface area contributed by atoms with Gasteiger partial charge in [0.05, 0.1) is 13.7 Å². The molecule has 36 heavy (non-hydrogen) atoms. The van der Waals surface area contributed by atoms with Gasteiger partial charge in [0, 0.05) is 32.1 Å². The Bertz CT molecular complexity index is 1070. The molecule has 0 radical (unpaired) electrons. The van der Waals surface area contributed by atoms with E-state index in [4.69, 9.17) is 9.47 Å². The van der Waals surface area contributed by atoms with E-state index in [2.05, 4.69) is 4.74 Å². The van der Waals surface area contributed by atoms with Crippen molar-refractivity contribution in [1.82, 2.24) is 9.80 Å². The third-order valence-corrected chi connectivity index (χ3v) is 5.57. The molecule has 2 amide bonds. The van der Waals surface area contributed by atoms with Crippen LogP contribution in [0, 0.1) is 0 Å². The topological polar surface area (TPSA) is 102 Å². The van der Waals surface area contributed by atoms with Crippen molar-refractivity contribution < 1.29 is 33.4 Å². The number of carbonyl (C=O) groups excluding carboxylic acids is 4. The predicted octanol–water partition coefficient (Wildman–Crippen LogP) is 3.73. The summed E-state index contributed by atoms with van der Waals surface area (Å²) in [5, 5.41) is 0. The first-order chi connectivity index (χ1) is 17.4. The molecule has 0 atom stereocenters. The van der Waals surface area contributed by atoms with E-state index in [-0.39, 0.29) is 37.6 Å². The number of hydrogen-bond donors (Lipinski definition) is 0. The van der Waals surface area contributed by atoms with Gasteiger partial charge in [0.15, 0.2) is 5.78 Å². The minimum Gasteiger partial charge on any atom is -0.466 e. The summed E-state index contributed by atoms with van der Waals surface area (Å²) in [6, 6.07) is 19.0. The molecule has 0 saturated carbocycles. The van der Waals surface area contributed by atoms with E-state index in [0.29, 0.717) is 32.5 Å². The van der Waals surface area contributed by atoms with Crippen LogP contribution < -0.4 is 0 Å². The highest BCUT2D eigenvalue weighted by Gasteiger charge is 2.25. The fraction of sp³-hybridized carbons (Fsp3) is 0.333. The number of amides is 2. The molecule has 0 spiro atoms. The molecule has 2 aromatic carbocycles. The molecule has 2 saturated heterocycles. The summed E-state index contributed by atoms with van der Waals surface area (Å²) in [6.07, 6.45) is 1.79. The number of ether oxygens (including phenoxy) is 3. The van der Waals surface area contributed by atoms with Gasteiger partial charge in [-0.05, 0) is 23.1 Å². The van der Waals surface area contributed by atoms with Crippen LogP contribution >= 0.6 is 0 Å². The van der Waals surface area contributed by atoms with Gasteiger partial charge < -0.3 is 24.0 Å². The van der Waals surface area contributed by atoms with Gasteiger partial charge >= 0.3 is 18.2 Å². The second-order valence-corrected chi connectivity index (χ2v) is 8.29. The van der Waals surface area contributed by atoms with E-state index in [0.717, 1.165) is 16.7 Å². The van der Waals surface area contributed by atoms with E-state index < -0.39 is 6.09 Å². The molecule has 4 rings (SSSR count). The zero-order chi connectivity index (χ0) is 25.8. The molecule has 2 aliphatic rings. The Morgan fingerprint density at radius 3 is 1.75 bits per heavy atom. The smallest absolute Gasteiger partial charge is 0.410 e. The van der Waals surface area contributed by atoms with Gasteiger partial charge in [0.1, 0.15) is 13.2 Å². The van der Waals surface area contributed by atoms with Gasteiger partial charge in [-0.1, -0.05) is 60.7 Å². The zero-order valence-corrected chi connectivity index (χ0v) is 20.3. The van der Waals surface area contributed by atoms with Crippen LogP contribution in [0.4, 0.5) is 9.59 Å². The molecule has 0 aliphatic carbocycles. The minimum absolute atomic E-state index is 0.0941. The highest BCUT2D eigenvalue weighted by molar-refractivity contribution is 5.87. The maximum Gasteiger partial charge on any atom is 0.410 e. The normalized spacial score (nSPS) is 15.8. The van der Waals surface area contributed by atoms with Crippen molar-refractivity contribution in [2.24, 2.45) is 0 Å². The molecule has 0 unspecified atom stereocenters.